The molecule has 0 fully saturated rings. The molecule has 5 rings (SSSR count). The first-order valence-electron chi connectivity index (χ1n) is 13.7. The number of benzene rings is 2. The first-order valence-corrected chi connectivity index (χ1v) is 15.7. The van der Waals surface area contributed by atoms with Crippen molar-refractivity contribution in [1.82, 2.24) is 9.80 Å². The summed E-state index contributed by atoms with van der Waals surface area (Å²) in [5, 5.41) is 2.52. The summed E-state index contributed by atoms with van der Waals surface area (Å²) in [6, 6.07) is 3.38. The molecule has 0 saturated carbocycles. The number of hydrogen-bond donors (Lipinski definition) is 0. The summed E-state index contributed by atoms with van der Waals surface area (Å²) >= 11 is 0.00642. The van der Waals surface area contributed by atoms with Gasteiger partial charge in [-0.2, -0.15) is 0 Å². The molecule has 2 aliphatic rings. The number of rotatable bonds is 12. The van der Waals surface area contributed by atoms with Crippen LogP contribution in [0.1, 0.15) is 119 Å². The van der Waals surface area contributed by atoms with Crippen molar-refractivity contribution in [3.05, 3.63) is 44.3 Å². The molecule has 0 spiro atoms. The Labute approximate surface area is 223 Å². The van der Waals surface area contributed by atoms with Crippen LogP contribution in [0.3, 0.4) is 0 Å². The van der Waals surface area contributed by atoms with E-state index in [1.807, 2.05) is 9.88 Å². The Morgan fingerprint density at radius 1 is 0.568 bits per heavy atom. The van der Waals surface area contributed by atoms with E-state index in [2.05, 4.69) is 13.8 Å². The SMILES string of the molecule is CCCCCCCN1C(=O)c2ccc3c4c(c5c[se]cc5c(c24)C1=O)C(=O)N(CCCCCCC)C3=O. The van der Waals surface area contributed by atoms with Crippen LogP contribution in [0.2, 0.25) is 0 Å². The van der Waals surface area contributed by atoms with E-state index in [1.165, 1.54) is 9.80 Å². The second kappa shape index (κ2) is 10.9. The van der Waals surface area contributed by atoms with Crippen molar-refractivity contribution in [2.75, 3.05) is 13.1 Å². The Hall–Kier alpha value is -2.76. The van der Waals surface area contributed by atoms with Crippen molar-refractivity contribution in [2.24, 2.45) is 0 Å². The standard InChI is InChI=1S/C30H34N2O4Se/c1-3-5-7-9-11-15-31-27(33)19-13-14-20-24-23(19)25(29(31)35)21-17-37-18-22(21)26(24)30(36)32(28(20)34)16-12-10-8-6-4-2/h13-14,17-18H,3-12,15-16H2,1-2H3. The van der Waals surface area contributed by atoms with E-state index in [9.17, 15) is 19.2 Å². The fourth-order valence-electron chi connectivity index (χ4n) is 5.77. The van der Waals surface area contributed by atoms with Gasteiger partial charge in [0.05, 0.1) is 0 Å². The molecule has 0 aliphatic carbocycles. The first kappa shape index (κ1) is 25.9. The van der Waals surface area contributed by atoms with Crippen LogP contribution >= 0.6 is 0 Å². The molecule has 0 N–H and O–H groups in total. The molecule has 194 valence electrons. The zero-order valence-corrected chi connectivity index (χ0v) is 23.4. The van der Waals surface area contributed by atoms with Crippen LogP contribution in [0.5, 0.6) is 0 Å². The number of fused-ring (bicyclic) bond motifs is 3. The van der Waals surface area contributed by atoms with E-state index in [-0.39, 0.29) is 38.1 Å². The van der Waals surface area contributed by atoms with E-state index in [4.69, 9.17) is 0 Å². The Bertz CT molecular complexity index is 1300. The van der Waals surface area contributed by atoms with Gasteiger partial charge in [-0.15, -0.1) is 0 Å². The number of imide groups is 2. The molecule has 1 aromatic heterocycles. The van der Waals surface area contributed by atoms with Crippen LogP contribution < -0.4 is 0 Å². The van der Waals surface area contributed by atoms with Gasteiger partial charge in [0, 0.05) is 0 Å². The van der Waals surface area contributed by atoms with Crippen LogP contribution in [0.25, 0.3) is 21.5 Å². The summed E-state index contributed by atoms with van der Waals surface area (Å²) in [5.74, 6) is -1.24. The number of carbonyl (C=O) groups is 4. The molecule has 0 unspecified atom stereocenters. The molecule has 7 heteroatoms. The number of unbranched alkanes of at least 4 members (excludes halogenated alkanes) is 8. The monoisotopic (exact) mass is 566 g/mol. The molecule has 6 nitrogen and oxygen atoms in total. The molecular weight excluding hydrogens is 531 g/mol. The summed E-state index contributed by atoms with van der Waals surface area (Å²) in [6.07, 6.45) is 10.2. The maximum absolute atomic E-state index is 13.8. The molecule has 0 saturated heterocycles. The van der Waals surface area contributed by atoms with Gasteiger partial charge in [0.25, 0.3) is 0 Å². The van der Waals surface area contributed by atoms with E-state index < -0.39 is 0 Å². The van der Waals surface area contributed by atoms with E-state index in [0.29, 0.717) is 46.1 Å². The fraction of sp³-hybridized carbons (Fsp3) is 0.467. The van der Waals surface area contributed by atoms with E-state index >= 15 is 0 Å². The van der Waals surface area contributed by atoms with Gasteiger partial charge in [-0.3, -0.25) is 0 Å². The predicted molar refractivity (Wildman–Crippen MR) is 147 cm³/mol. The molecule has 0 bridgehead atoms. The van der Waals surface area contributed by atoms with Gasteiger partial charge in [0.15, 0.2) is 0 Å². The molecular formula is C30H34N2O4Se. The van der Waals surface area contributed by atoms with Crippen LogP contribution in [0, 0.1) is 0 Å². The fourth-order valence-corrected chi connectivity index (χ4v) is 7.52. The normalized spacial score (nSPS) is 15.1. The molecule has 0 atom stereocenters. The third kappa shape index (κ3) is 4.36. The molecule has 4 amide bonds. The zero-order chi connectivity index (χ0) is 26.1. The van der Waals surface area contributed by atoms with Gasteiger partial charge in [0.2, 0.25) is 0 Å². The second-order valence-electron chi connectivity index (χ2n) is 10.2. The third-order valence-electron chi connectivity index (χ3n) is 7.75. The first-order chi connectivity index (χ1) is 18.0. The average molecular weight is 566 g/mol. The van der Waals surface area contributed by atoms with Crippen molar-refractivity contribution in [2.45, 2.75) is 78.1 Å². The molecule has 3 aromatic rings. The minimum absolute atomic E-state index is 0.00642. The van der Waals surface area contributed by atoms with Gasteiger partial charge in [-0.05, 0) is 0 Å². The van der Waals surface area contributed by atoms with E-state index in [0.717, 1.165) is 75.0 Å². The van der Waals surface area contributed by atoms with Crippen LogP contribution in [-0.4, -0.2) is 61.0 Å². The molecule has 2 aliphatic heterocycles. The number of hydrogen-bond acceptors (Lipinski definition) is 4. The van der Waals surface area contributed by atoms with Gasteiger partial charge < -0.3 is 0 Å². The van der Waals surface area contributed by atoms with Crippen LogP contribution in [0.4, 0.5) is 0 Å². The van der Waals surface area contributed by atoms with Crippen LogP contribution in [0.15, 0.2) is 22.0 Å². The third-order valence-corrected chi connectivity index (χ3v) is 9.31. The van der Waals surface area contributed by atoms with Crippen molar-refractivity contribution in [3.8, 4) is 0 Å². The number of nitrogens with zero attached hydrogens (tertiary/aromatic N) is 2. The summed E-state index contributed by atoms with van der Waals surface area (Å²) in [6.45, 7) is 5.09. The Balaban J connectivity index is 1.56. The molecule has 2 aromatic carbocycles. The maximum atomic E-state index is 13.8. The summed E-state index contributed by atoms with van der Waals surface area (Å²) in [7, 11) is 0. The average Bonchev–Trinajstić information content (AvgIpc) is 3.38. The van der Waals surface area contributed by atoms with Gasteiger partial charge in [-0.1, -0.05) is 0 Å². The summed E-state index contributed by atoms with van der Waals surface area (Å²) in [5.41, 5.74) is 1.82. The molecule has 0 radical (unpaired) electrons. The topological polar surface area (TPSA) is 74.8 Å². The Kier molecular flexibility index (Phi) is 7.64. The van der Waals surface area contributed by atoms with Gasteiger partial charge in [-0.25, -0.2) is 0 Å². The van der Waals surface area contributed by atoms with E-state index in [1.54, 1.807) is 12.1 Å². The van der Waals surface area contributed by atoms with Crippen molar-refractivity contribution >= 4 is 59.7 Å². The zero-order valence-electron chi connectivity index (χ0n) is 21.7. The minimum atomic E-state index is -0.323. The second-order valence-corrected chi connectivity index (χ2v) is 11.8. The number of amides is 4. The number of carbonyl (C=O) groups excluding carboxylic acids is 4. The van der Waals surface area contributed by atoms with Gasteiger partial charge >= 0.3 is 224 Å². The van der Waals surface area contributed by atoms with Crippen molar-refractivity contribution in [3.63, 3.8) is 0 Å². The van der Waals surface area contributed by atoms with Crippen molar-refractivity contribution < 1.29 is 19.2 Å². The predicted octanol–water partition coefficient (Wildman–Crippen LogP) is 6.18. The Morgan fingerprint density at radius 2 is 0.973 bits per heavy atom. The Morgan fingerprint density at radius 3 is 1.38 bits per heavy atom. The molecule has 3 heterocycles. The van der Waals surface area contributed by atoms with Crippen molar-refractivity contribution in [1.29, 1.82) is 0 Å². The summed E-state index contributed by atoms with van der Waals surface area (Å²) < 4.78 is 0. The molecule has 37 heavy (non-hydrogen) atoms. The summed E-state index contributed by atoms with van der Waals surface area (Å²) in [4.78, 5) is 61.4. The van der Waals surface area contributed by atoms with Gasteiger partial charge in [0.1, 0.15) is 0 Å². The quantitative estimate of drug-likeness (QED) is 0.149. The van der Waals surface area contributed by atoms with Crippen LogP contribution in [-0.2, 0) is 0 Å².